The number of nitrogen functional groups attached to an aromatic ring is 1. The number of aromatic amines is 1. The summed E-state index contributed by atoms with van der Waals surface area (Å²) >= 11 is 0. The predicted molar refractivity (Wildman–Crippen MR) is 111 cm³/mol. The predicted octanol–water partition coefficient (Wildman–Crippen LogP) is 0.687. The molecular weight excluding hydrogens is 398 g/mol. The molecule has 0 bridgehead atoms. The number of fused-ring (bicyclic) bond motifs is 2. The van der Waals surface area contributed by atoms with Gasteiger partial charge >= 0.3 is 16.9 Å². The number of amides is 1. The average molecular weight is 421 g/mol. The van der Waals surface area contributed by atoms with Gasteiger partial charge in [0.1, 0.15) is 11.8 Å². The van der Waals surface area contributed by atoms with Gasteiger partial charge in [0.05, 0.1) is 12.4 Å². The SMILES string of the molecule is Nc1c(C(=O)NC[C@@H]2CCCO2)cc2c(=O)n3ccccc3[nH+]c2[n+]1Cc1ccco1. The van der Waals surface area contributed by atoms with E-state index in [1.54, 1.807) is 41.3 Å². The number of anilines is 1. The van der Waals surface area contributed by atoms with Crippen molar-refractivity contribution < 1.29 is 23.5 Å². The van der Waals surface area contributed by atoms with Crippen molar-refractivity contribution >= 4 is 28.4 Å². The van der Waals surface area contributed by atoms with Crippen molar-refractivity contribution in [3.63, 3.8) is 0 Å². The highest BCUT2D eigenvalue weighted by Crippen LogP contribution is 2.15. The first-order valence-corrected chi connectivity index (χ1v) is 10.2. The van der Waals surface area contributed by atoms with Gasteiger partial charge in [-0.2, -0.15) is 9.55 Å². The Morgan fingerprint density at radius 2 is 2.23 bits per heavy atom. The van der Waals surface area contributed by atoms with Gasteiger partial charge in [-0.15, -0.1) is 4.40 Å². The van der Waals surface area contributed by atoms with Crippen LogP contribution in [0.25, 0.3) is 16.7 Å². The van der Waals surface area contributed by atoms with Gasteiger partial charge in [-0.25, -0.2) is 4.79 Å². The number of ether oxygens (including phenoxy) is 1. The summed E-state index contributed by atoms with van der Waals surface area (Å²) in [7, 11) is 0. The Hall–Kier alpha value is -3.72. The molecule has 1 saturated heterocycles. The first-order chi connectivity index (χ1) is 15.1. The van der Waals surface area contributed by atoms with Gasteiger partial charge in [-0.05, 0) is 43.2 Å². The molecule has 4 aromatic rings. The maximum absolute atomic E-state index is 13.2. The summed E-state index contributed by atoms with van der Waals surface area (Å²) in [5, 5.41) is 3.24. The maximum Gasteiger partial charge on any atom is 0.383 e. The molecular formula is C22H23N5O4+2. The molecule has 1 amide bonds. The van der Waals surface area contributed by atoms with Gasteiger partial charge in [0.25, 0.3) is 5.91 Å². The van der Waals surface area contributed by atoms with Crippen LogP contribution in [0.5, 0.6) is 0 Å². The molecule has 0 aliphatic carbocycles. The van der Waals surface area contributed by atoms with Gasteiger partial charge in [0, 0.05) is 19.2 Å². The second kappa shape index (κ2) is 7.84. The number of pyridine rings is 2. The monoisotopic (exact) mass is 421 g/mol. The highest BCUT2D eigenvalue weighted by Gasteiger charge is 2.29. The fourth-order valence-electron chi connectivity index (χ4n) is 3.98. The molecule has 0 radical (unpaired) electrons. The minimum atomic E-state index is -0.347. The van der Waals surface area contributed by atoms with Gasteiger partial charge in [0.2, 0.25) is 5.82 Å². The van der Waals surface area contributed by atoms with E-state index >= 15 is 0 Å². The molecule has 31 heavy (non-hydrogen) atoms. The van der Waals surface area contributed by atoms with Crippen LogP contribution < -0.4 is 26.2 Å². The Balaban J connectivity index is 1.65. The fraction of sp³-hybridized carbons (Fsp3) is 0.273. The first kappa shape index (κ1) is 19.3. The summed E-state index contributed by atoms with van der Waals surface area (Å²) in [6.45, 7) is 1.37. The summed E-state index contributed by atoms with van der Waals surface area (Å²) in [5.74, 6) is 0.543. The third-order valence-electron chi connectivity index (χ3n) is 5.59. The molecule has 1 aliphatic heterocycles. The number of hydrogen-bond acceptors (Lipinski definition) is 5. The van der Waals surface area contributed by atoms with E-state index < -0.39 is 0 Å². The number of H-pyrrole nitrogens is 1. The molecule has 1 fully saturated rings. The lowest BCUT2D eigenvalue weighted by Gasteiger charge is -2.12. The molecule has 9 heteroatoms. The van der Waals surface area contributed by atoms with E-state index in [0.717, 1.165) is 12.8 Å². The van der Waals surface area contributed by atoms with Crippen LogP contribution in [0.1, 0.15) is 29.0 Å². The van der Waals surface area contributed by atoms with Crippen molar-refractivity contribution in [2.24, 2.45) is 0 Å². The summed E-state index contributed by atoms with van der Waals surface area (Å²) < 4.78 is 14.3. The average Bonchev–Trinajstić information content (AvgIpc) is 3.48. The van der Waals surface area contributed by atoms with Gasteiger partial charge in [-0.3, -0.25) is 4.79 Å². The number of aromatic nitrogens is 3. The topological polar surface area (TPSA) is 117 Å². The Morgan fingerprint density at radius 3 is 3.00 bits per heavy atom. The molecule has 158 valence electrons. The van der Waals surface area contributed by atoms with E-state index in [2.05, 4.69) is 10.3 Å². The van der Waals surface area contributed by atoms with Crippen molar-refractivity contribution in [1.29, 1.82) is 0 Å². The standard InChI is InChI=1S/C22H21N5O4/c23-19-16(21(28)24-12-14-5-3-9-30-14)11-17-20(27(19)13-15-6-4-10-31-15)25-18-7-1-2-8-26(18)22(17)29/h1-2,4,6-8,10-11,14,23H,3,5,9,12-13H2,(H,24,28)/p+2/t14-/m0/s1. The summed E-state index contributed by atoms with van der Waals surface area (Å²) in [6, 6.07) is 10.6. The van der Waals surface area contributed by atoms with E-state index in [1.165, 1.54) is 4.40 Å². The second-order valence-electron chi connectivity index (χ2n) is 7.60. The normalized spacial score (nSPS) is 16.2. The largest absolute Gasteiger partial charge is 0.464 e. The molecule has 5 rings (SSSR count). The number of hydrogen-bond donors (Lipinski definition) is 2. The summed E-state index contributed by atoms with van der Waals surface area (Å²) in [6.07, 6.45) is 5.15. The number of carbonyl (C=O) groups excluding carboxylic acids is 1. The van der Waals surface area contributed by atoms with Gasteiger partial charge in [-0.1, -0.05) is 0 Å². The van der Waals surface area contributed by atoms with Crippen LogP contribution in [0.15, 0.2) is 58.1 Å². The maximum atomic E-state index is 13.2. The molecule has 0 saturated carbocycles. The van der Waals surface area contributed by atoms with Gasteiger partial charge in [0.15, 0.2) is 17.7 Å². The van der Waals surface area contributed by atoms with Crippen molar-refractivity contribution in [2.45, 2.75) is 25.5 Å². The third-order valence-corrected chi connectivity index (χ3v) is 5.59. The summed E-state index contributed by atoms with van der Waals surface area (Å²) in [4.78, 5) is 29.5. The lowest BCUT2D eigenvalue weighted by molar-refractivity contribution is -0.683. The van der Waals surface area contributed by atoms with Crippen molar-refractivity contribution in [3.8, 4) is 0 Å². The van der Waals surface area contributed by atoms with E-state index in [4.69, 9.17) is 14.9 Å². The zero-order valence-corrected chi connectivity index (χ0v) is 16.8. The lowest BCUT2D eigenvalue weighted by atomic mass is 10.1. The zero-order valence-electron chi connectivity index (χ0n) is 16.8. The zero-order chi connectivity index (χ0) is 21.4. The third kappa shape index (κ3) is 3.53. The highest BCUT2D eigenvalue weighted by atomic mass is 16.5. The second-order valence-corrected chi connectivity index (χ2v) is 7.60. The first-order valence-electron chi connectivity index (χ1n) is 10.2. The van der Waals surface area contributed by atoms with Crippen LogP contribution in [-0.4, -0.2) is 29.6 Å². The molecule has 0 unspecified atom stereocenters. The van der Waals surface area contributed by atoms with E-state index in [1.807, 2.05) is 12.1 Å². The number of nitrogens with one attached hydrogen (secondary N) is 2. The quantitative estimate of drug-likeness (QED) is 0.363. The highest BCUT2D eigenvalue weighted by molar-refractivity contribution is 6.00. The van der Waals surface area contributed by atoms with E-state index in [9.17, 15) is 9.59 Å². The molecule has 9 nitrogen and oxygen atoms in total. The number of nitrogens with two attached hydrogens (primary N) is 1. The van der Waals surface area contributed by atoms with Crippen LogP contribution >= 0.6 is 0 Å². The Morgan fingerprint density at radius 1 is 1.32 bits per heavy atom. The van der Waals surface area contributed by atoms with Crippen LogP contribution in [0.2, 0.25) is 0 Å². The van der Waals surface area contributed by atoms with Crippen LogP contribution in [0.3, 0.4) is 0 Å². The van der Waals surface area contributed by atoms with E-state index in [0.29, 0.717) is 35.6 Å². The van der Waals surface area contributed by atoms with Crippen LogP contribution in [-0.2, 0) is 11.3 Å². The Kier molecular flexibility index (Phi) is 4.87. The van der Waals surface area contributed by atoms with Gasteiger partial charge < -0.3 is 20.2 Å². The van der Waals surface area contributed by atoms with Crippen LogP contribution in [0.4, 0.5) is 5.82 Å². The van der Waals surface area contributed by atoms with E-state index in [-0.39, 0.29) is 35.5 Å². The molecule has 0 spiro atoms. The molecule has 1 aliphatic rings. The smallest absolute Gasteiger partial charge is 0.383 e. The number of nitrogens with zero attached hydrogens (tertiary/aromatic N) is 2. The fourth-order valence-corrected chi connectivity index (χ4v) is 3.98. The molecule has 5 heterocycles. The molecule has 4 aromatic heterocycles. The number of furan rings is 1. The van der Waals surface area contributed by atoms with Crippen molar-refractivity contribution in [1.82, 2.24) is 9.72 Å². The minimum absolute atomic E-state index is 0.00350. The Bertz CT molecular complexity index is 1320. The minimum Gasteiger partial charge on any atom is -0.464 e. The Labute approximate surface area is 177 Å². The summed E-state index contributed by atoms with van der Waals surface area (Å²) in [5.41, 5.74) is 7.56. The van der Waals surface area contributed by atoms with Crippen molar-refractivity contribution in [2.75, 3.05) is 18.9 Å². The molecule has 4 N–H and O–H groups in total. The lowest BCUT2D eigenvalue weighted by Crippen LogP contribution is -2.46. The van der Waals surface area contributed by atoms with Crippen molar-refractivity contribution in [3.05, 3.63) is 70.5 Å². The van der Waals surface area contributed by atoms with Crippen LogP contribution in [0, 0.1) is 0 Å². The molecule has 0 aromatic carbocycles. The molecule has 1 atom stereocenters. The number of carbonyl (C=O) groups is 1. The number of rotatable bonds is 5.